The standard InChI is InChI=1S/C2H5BNO/c1-3-2(4)5/h1H3,(H2,4,5)/i/hD. The van der Waals surface area contributed by atoms with Crippen molar-refractivity contribution in [2.45, 2.75) is 6.82 Å². The number of hydrogen-bond donors (Lipinski definition) is 1. The Kier molecular flexibility index (Phi) is 1.00. The first kappa shape index (κ1) is 2.76. The molecule has 0 aromatic carbocycles. The van der Waals surface area contributed by atoms with E-state index < -0.39 is 0 Å². The van der Waals surface area contributed by atoms with Crippen LogP contribution in [0.5, 0.6) is 0 Å². The van der Waals surface area contributed by atoms with Crippen LogP contribution in [0, 0.1) is 0 Å². The first-order valence-electron chi connectivity index (χ1n) is 1.82. The first-order chi connectivity index (χ1) is 2.81. The quantitative estimate of drug-likeness (QED) is 0.428. The molecule has 0 saturated heterocycles. The summed E-state index contributed by atoms with van der Waals surface area (Å²) >= 11 is 0. The number of nitrogens with two attached hydrogens (primary N) is 1. The van der Waals surface area contributed by atoms with Crippen molar-refractivity contribution in [3.8, 4) is 0 Å². The second-order valence-electron chi connectivity index (χ2n) is 0.653. The van der Waals surface area contributed by atoms with Crippen LogP contribution >= 0.6 is 0 Å². The minimum atomic E-state index is -0.366. The average Bonchev–Trinajstić information content (AvgIpc) is 1.65. The average molecular weight is 70.9 g/mol. The molecule has 0 aromatic heterocycles. The van der Waals surface area contributed by atoms with E-state index in [2.05, 4.69) is 0 Å². The summed E-state index contributed by atoms with van der Waals surface area (Å²) in [7, 11) is 1.28. The van der Waals surface area contributed by atoms with Crippen LogP contribution in [0.3, 0.4) is 0 Å². The van der Waals surface area contributed by atoms with E-state index in [1.54, 1.807) is 12.5 Å². The molecule has 0 aliphatic rings. The molecule has 5 heavy (non-hydrogen) atoms. The summed E-state index contributed by atoms with van der Waals surface area (Å²) in [6, 6.07) is 0. The molecule has 0 bridgehead atoms. The molecule has 0 rings (SSSR count). The summed E-state index contributed by atoms with van der Waals surface area (Å²) in [5.41, 5.74) is 1.67. The molecule has 0 aliphatic carbocycles. The third kappa shape index (κ3) is 3.53. The van der Waals surface area contributed by atoms with Crippen LogP contribution < -0.4 is 5.73 Å². The summed E-state index contributed by atoms with van der Waals surface area (Å²) in [6.45, 7) is 1.57. The molecule has 1 amide bonds. The molecule has 2 N–H and O–H groups in total. The van der Waals surface area contributed by atoms with Gasteiger partial charge in [-0.1, -0.05) is 6.82 Å². The van der Waals surface area contributed by atoms with Gasteiger partial charge in [0.15, 0.2) is 7.22 Å². The highest BCUT2D eigenvalue weighted by Crippen LogP contribution is 1.51. The van der Waals surface area contributed by atoms with Crippen molar-refractivity contribution >= 4 is 13.1 Å². The highest BCUT2D eigenvalue weighted by molar-refractivity contribution is 6.72. The number of hydrogen-bond acceptors (Lipinski definition) is 1. The Hall–Kier alpha value is -0.465. The van der Waals surface area contributed by atoms with Crippen molar-refractivity contribution in [3.05, 3.63) is 0 Å². The van der Waals surface area contributed by atoms with Gasteiger partial charge < -0.3 is 5.73 Å². The van der Waals surface area contributed by atoms with Gasteiger partial charge in [0.1, 0.15) is 0 Å². The Morgan fingerprint density at radius 3 is 3.00 bits per heavy atom. The molecule has 27 valence electrons. The van der Waals surface area contributed by atoms with Crippen LogP contribution in [0.15, 0.2) is 0 Å². The molecular formula is C2H5BNO. The van der Waals surface area contributed by atoms with Crippen molar-refractivity contribution < 1.29 is 6.21 Å². The van der Waals surface area contributed by atoms with Crippen molar-refractivity contribution in [1.29, 1.82) is 0 Å². The highest BCUT2D eigenvalue weighted by atomic mass is 16.1. The lowest BCUT2D eigenvalue weighted by Crippen LogP contribution is -2.13. The largest absolute Gasteiger partial charge is 0.379 e. The number of carbonyl (C=O) groups is 1. The molecule has 0 heterocycles. The predicted molar refractivity (Wildman–Crippen MR) is 21.2 cm³/mol. The minimum absolute atomic E-state index is 0.366. The smallest absolute Gasteiger partial charge is 0.229 e. The molecule has 0 fully saturated rings. The van der Waals surface area contributed by atoms with E-state index in [0.717, 1.165) is 0 Å². The van der Waals surface area contributed by atoms with E-state index in [0.29, 0.717) is 0 Å². The fourth-order valence-electron chi connectivity index (χ4n) is 0. The third-order valence-corrected chi connectivity index (χ3v) is 0.262. The number of amides is 1. The van der Waals surface area contributed by atoms with Gasteiger partial charge in [0.2, 0.25) is 7.28 Å². The molecule has 2 nitrogen and oxygen atoms in total. The van der Waals surface area contributed by atoms with Crippen LogP contribution in [0.25, 0.3) is 0 Å². The van der Waals surface area contributed by atoms with E-state index in [-0.39, 0.29) is 5.81 Å². The van der Waals surface area contributed by atoms with Crippen LogP contribution in [0.4, 0.5) is 4.79 Å². The Bertz CT molecular complexity index is 51.5. The maximum atomic E-state index is 9.83. The maximum absolute atomic E-state index is 9.83. The number of rotatable bonds is 1. The van der Waals surface area contributed by atoms with E-state index in [9.17, 15) is 4.79 Å². The van der Waals surface area contributed by atoms with Gasteiger partial charge in [-0.15, -0.1) is 0 Å². The lowest BCUT2D eigenvalue weighted by Gasteiger charge is -1.70. The second kappa shape index (κ2) is 1.82. The minimum Gasteiger partial charge on any atom is -0.379 e. The van der Waals surface area contributed by atoms with Crippen LogP contribution in [-0.2, 0) is 0 Å². The molecular weight excluding hydrogens is 64.8 g/mol. The molecule has 0 spiro atoms. The van der Waals surface area contributed by atoms with Crippen LogP contribution in [0.1, 0.15) is 0 Å². The van der Waals surface area contributed by atoms with Gasteiger partial charge in [-0.25, -0.2) is 0 Å². The van der Waals surface area contributed by atoms with Gasteiger partial charge in [-0.2, -0.15) is 0 Å². The van der Waals surface area contributed by atoms with Crippen LogP contribution in [-0.4, -0.2) is 13.1 Å². The van der Waals surface area contributed by atoms with Crippen LogP contribution in [0.2, 0.25) is 8.23 Å². The Balaban J connectivity index is 2.99. The molecule has 0 unspecified atom stereocenters. The van der Waals surface area contributed by atoms with E-state index in [1.807, 2.05) is 0 Å². The molecule has 0 aliphatic heterocycles. The van der Waals surface area contributed by atoms with Gasteiger partial charge in [-0.3, -0.25) is 4.79 Å². The molecule has 0 atom stereocenters. The van der Waals surface area contributed by atoms with Crippen molar-refractivity contribution in [2.24, 2.45) is 5.73 Å². The lowest BCUT2D eigenvalue weighted by molar-refractivity contribution is 0.266. The normalized spacial score (nSPS) is 8.60. The lowest BCUT2D eigenvalue weighted by atomic mass is 9.82. The summed E-state index contributed by atoms with van der Waals surface area (Å²) in [6.07, 6.45) is 0. The summed E-state index contributed by atoms with van der Waals surface area (Å²) in [5.74, 6) is -0.366. The van der Waals surface area contributed by atoms with Gasteiger partial charge >= 0.3 is 0 Å². The topological polar surface area (TPSA) is 43.1 Å². The zero-order valence-corrected chi connectivity index (χ0v) is 2.99. The van der Waals surface area contributed by atoms with Crippen molar-refractivity contribution in [2.75, 3.05) is 0 Å². The monoisotopic (exact) mass is 71.1 g/mol. The zero-order chi connectivity index (χ0) is 4.99. The highest BCUT2D eigenvalue weighted by Gasteiger charge is 1.81. The molecule has 0 aromatic rings. The third-order valence-electron chi connectivity index (χ3n) is 0.262. The number of primary amides is 1. The molecule has 0 saturated carbocycles. The fraction of sp³-hybridized carbons (Fsp3) is 0.500. The van der Waals surface area contributed by atoms with Gasteiger partial charge in [0.05, 0.1) is 0 Å². The van der Waals surface area contributed by atoms with Gasteiger partial charge in [0.25, 0.3) is 0 Å². The van der Waals surface area contributed by atoms with Crippen molar-refractivity contribution in [1.82, 2.24) is 0 Å². The van der Waals surface area contributed by atoms with E-state index in [1.165, 1.54) is 7.28 Å². The SMILES string of the molecule is [2H]NC(=O)[B]C. The van der Waals surface area contributed by atoms with E-state index in [4.69, 9.17) is 1.41 Å². The second-order valence-corrected chi connectivity index (χ2v) is 0.653. The summed E-state index contributed by atoms with van der Waals surface area (Å²) in [5, 5.41) is 0. The van der Waals surface area contributed by atoms with Gasteiger partial charge in [-0.05, 0) is 0 Å². The predicted octanol–water partition coefficient (Wildman–Crippen LogP) is -0.183. The fourth-order valence-corrected chi connectivity index (χ4v) is 0. The zero-order valence-electron chi connectivity index (χ0n) is 3.99. The summed E-state index contributed by atoms with van der Waals surface area (Å²) < 4.78 is 6.18. The molecule has 1 radical (unpaired) electrons. The Labute approximate surface area is 33.1 Å². The Morgan fingerprint density at radius 1 is 2.40 bits per heavy atom. The molecule has 3 heteroatoms. The maximum Gasteiger partial charge on any atom is 0.229 e. The van der Waals surface area contributed by atoms with Gasteiger partial charge in [0, 0.05) is 0 Å². The summed E-state index contributed by atoms with van der Waals surface area (Å²) in [4.78, 5) is 9.83. The van der Waals surface area contributed by atoms with E-state index >= 15 is 0 Å². The number of carbonyl (C=O) groups excluding carboxylic acids is 1. The van der Waals surface area contributed by atoms with Crippen molar-refractivity contribution in [3.63, 3.8) is 0 Å². The first-order valence-corrected chi connectivity index (χ1v) is 1.32. The Morgan fingerprint density at radius 2 is 3.00 bits per heavy atom.